The Morgan fingerprint density at radius 3 is 2.61 bits per heavy atom. The highest BCUT2D eigenvalue weighted by molar-refractivity contribution is 7.18. The smallest absolute Gasteiger partial charge is 0.364 e. The molecule has 10 heteroatoms. The van der Waals surface area contributed by atoms with Crippen molar-refractivity contribution in [3.8, 4) is 0 Å². The number of nitrogens with one attached hydrogen (secondary N) is 1. The summed E-state index contributed by atoms with van der Waals surface area (Å²) >= 11 is 1.11. The first kappa shape index (κ1) is 26.4. The summed E-state index contributed by atoms with van der Waals surface area (Å²) in [6, 6.07) is 7.79. The van der Waals surface area contributed by atoms with Gasteiger partial charge in [0.2, 0.25) is 5.82 Å². The van der Waals surface area contributed by atoms with Crippen molar-refractivity contribution in [1.82, 2.24) is 19.9 Å². The van der Waals surface area contributed by atoms with Crippen LogP contribution >= 0.6 is 11.3 Å². The summed E-state index contributed by atoms with van der Waals surface area (Å²) < 4.78 is 38.8. The fourth-order valence-corrected chi connectivity index (χ4v) is 7.01. The van der Waals surface area contributed by atoms with Crippen LogP contribution in [-0.2, 0) is 13.0 Å². The van der Waals surface area contributed by atoms with Crippen LogP contribution in [0, 0.1) is 18.9 Å². The number of anilines is 1. The molecule has 0 unspecified atom stereocenters. The number of benzene rings is 1. The first-order chi connectivity index (χ1) is 17.7. The van der Waals surface area contributed by atoms with Gasteiger partial charge in [-0.2, -0.15) is 13.2 Å². The number of aromatic amines is 1. The van der Waals surface area contributed by atoms with Crippen LogP contribution in [0.25, 0.3) is 26.0 Å². The van der Waals surface area contributed by atoms with E-state index in [9.17, 15) is 13.2 Å². The van der Waals surface area contributed by atoms with Crippen molar-refractivity contribution in [2.24, 2.45) is 5.41 Å². The van der Waals surface area contributed by atoms with Crippen molar-refractivity contribution in [2.45, 2.75) is 52.8 Å². The summed E-state index contributed by atoms with van der Waals surface area (Å²) in [5, 5.41) is 1.85. The van der Waals surface area contributed by atoms with Crippen LogP contribution in [0.5, 0.6) is 0 Å². The van der Waals surface area contributed by atoms with Crippen molar-refractivity contribution in [3.63, 3.8) is 0 Å². The molecule has 0 radical (unpaired) electrons. The van der Waals surface area contributed by atoms with Gasteiger partial charge < -0.3 is 14.7 Å². The Balaban J connectivity index is 0.00000294. The third-order valence-electron chi connectivity index (χ3n) is 8.07. The van der Waals surface area contributed by atoms with Crippen molar-refractivity contribution >= 4 is 44.1 Å². The number of rotatable bonds is 4. The highest BCUT2D eigenvalue weighted by Crippen LogP contribution is 2.44. The summed E-state index contributed by atoms with van der Waals surface area (Å²) in [5.41, 5.74) is 3.74. The summed E-state index contributed by atoms with van der Waals surface area (Å²) in [7, 11) is 0. The van der Waals surface area contributed by atoms with E-state index in [2.05, 4.69) is 48.7 Å². The first-order valence-corrected chi connectivity index (χ1v) is 13.3. The van der Waals surface area contributed by atoms with Gasteiger partial charge in [-0.25, -0.2) is 9.97 Å². The zero-order valence-electron chi connectivity index (χ0n) is 20.5. The van der Waals surface area contributed by atoms with E-state index >= 15 is 0 Å². The minimum atomic E-state index is -4.23. The Hall–Kier alpha value is -3.16. The lowest BCUT2D eigenvalue weighted by Gasteiger charge is -2.39. The molecule has 2 saturated heterocycles. The normalized spacial score (nSPS) is 17.8. The van der Waals surface area contributed by atoms with E-state index in [1.807, 2.05) is 6.07 Å². The highest BCUT2D eigenvalue weighted by atomic mass is 32.1. The van der Waals surface area contributed by atoms with Gasteiger partial charge in [0.1, 0.15) is 22.5 Å². The van der Waals surface area contributed by atoms with E-state index in [4.69, 9.17) is 6.57 Å². The number of alkyl halides is 3. The molecule has 2 aliphatic heterocycles. The fourth-order valence-electron chi connectivity index (χ4n) is 5.99. The Labute approximate surface area is 224 Å². The van der Waals surface area contributed by atoms with E-state index in [-0.39, 0.29) is 17.7 Å². The highest BCUT2D eigenvalue weighted by Gasteiger charge is 2.41. The molecule has 0 saturated carbocycles. The number of halogens is 3. The van der Waals surface area contributed by atoms with Gasteiger partial charge in [0.25, 0.3) is 0 Å². The number of hydrogen-bond donors (Lipinski definition) is 1. The minimum absolute atomic E-state index is 0. The molecule has 0 amide bonds. The van der Waals surface area contributed by atoms with Crippen LogP contribution < -0.4 is 4.90 Å². The van der Waals surface area contributed by atoms with Gasteiger partial charge in [0.05, 0.1) is 11.8 Å². The average molecular weight is 541 g/mol. The van der Waals surface area contributed by atoms with Crippen LogP contribution in [0.1, 0.15) is 42.7 Å². The molecule has 3 aromatic heterocycles. The first-order valence-electron chi connectivity index (χ1n) is 12.5. The van der Waals surface area contributed by atoms with E-state index < -0.39 is 12.6 Å². The number of aromatic nitrogens is 3. The predicted molar refractivity (Wildman–Crippen MR) is 147 cm³/mol. The van der Waals surface area contributed by atoms with Crippen LogP contribution in [0.4, 0.5) is 24.8 Å². The van der Waals surface area contributed by atoms with Gasteiger partial charge in [0, 0.05) is 29.9 Å². The predicted octanol–water partition coefficient (Wildman–Crippen LogP) is 7.27. The second-order valence-corrected chi connectivity index (χ2v) is 11.6. The van der Waals surface area contributed by atoms with Crippen LogP contribution in [0.2, 0.25) is 0 Å². The lowest BCUT2D eigenvalue weighted by atomic mass is 9.77. The maximum absolute atomic E-state index is 12.9. The van der Waals surface area contributed by atoms with Gasteiger partial charge in [-0.05, 0) is 74.0 Å². The number of aryl methyl sites for hydroxylation is 1. The number of fused-ring (bicyclic) bond motifs is 2. The molecule has 1 N–H and O–H groups in total. The molecular formula is C28H31F3N6S. The second-order valence-electron chi connectivity index (χ2n) is 10.4. The molecule has 5 heterocycles. The van der Waals surface area contributed by atoms with Crippen molar-refractivity contribution in [2.75, 3.05) is 31.1 Å². The number of piperidine rings is 1. The molecule has 2 aliphatic rings. The largest absolute Gasteiger partial charge is 0.393 e. The third-order valence-corrected chi connectivity index (χ3v) is 9.12. The SMILES string of the molecule is C.[C-]#[N+]c1cc2c(C)c(CN3CCC4(CC3)CCN(c3ncnc5sc(CC(F)(F)F)cc35)C4)ccc2[nH]1. The van der Waals surface area contributed by atoms with Gasteiger partial charge in [-0.3, -0.25) is 4.90 Å². The number of likely N-dealkylation sites (tertiary alicyclic amines) is 1. The average Bonchev–Trinajstić information content (AvgIpc) is 3.58. The van der Waals surface area contributed by atoms with Gasteiger partial charge >= 0.3 is 6.18 Å². The lowest BCUT2D eigenvalue weighted by Crippen LogP contribution is -2.41. The van der Waals surface area contributed by atoms with Crippen LogP contribution in [0.3, 0.4) is 0 Å². The third kappa shape index (κ3) is 4.97. The molecule has 6 nitrogen and oxygen atoms in total. The molecule has 38 heavy (non-hydrogen) atoms. The van der Waals surface area contributed by atoms with Crippen LogP contribution in [0.15, 0.2) is 30.6 Å². The summed E-state index contributed by atoms with van der Waals surface area (Å²) in [5.74, 6) is 1.34. The second kappa shape index (κ2) is 9.86. The molecule has 6 rings (SSSR count). The monoisotopic (exact) mass is 540 g/mol. The Bertz CT molecular complexity index is 1510. The quantitative estimate of drug-likeness (QED) is 0.277. The van der Waals surface area contributed by atoms with Crippen molar-refractivity contribution in [3.05, 3.63) is 58.0 Å². The van der Waals surface area contributed by atoms with E-state index in [1.54, 1.807) is 6.07 Å². The molecule has 200 valence electrons. The molecule has 0 bridgehead atoms. The Kier molecular flexibility index (Phi) is 6.86. The van der Waals surface area contributed by atoms with Gasteiger partial charge in [0.15, 0.2) is 0 Å². The molecule has 4 aromatic rings. The van der Waals surface area contributed by atoms with Gasteiger partial charge in [-0.1, -0.05) is 20.1 Å². The summed E-state index contributed by atoms with van der Waals surface area (Å²) in [6.45, 7) is 14.1. The van der Waals surface area contributed by atoms with E-state index in [0.717, 1.165) is 85.4 Å². The number of nitrogens with zero attached hydrogens (tertiary/aromatic N) is 5. The lowest BCUT2D eigenvalue weighted by molar-refractivity contribution is -0.126. The zero-order chi connectivity index (χ0) is 25.8. The minimum Gasteiger partial charge on any atom is -0.364 e. The molecule has 0 atom stereocenters. The molecular weight excluding hydrogens is 509 g/mol. The van der Waals surface area contributed by atoms with Crippen molar-refractivity contribution in [1.29, 1.82) is 0 Å². The van der Waals surface area contributed by atoms with Gasteiger partial charge in [-0.15, -0.1) is 11.3 Å². The number of hydrogen-bond acceptors (Lipinski definition) is 5. The van der Waals surface area contributed by atoms with Crippen molar-refractivity contribution < 1.29 is 13.2 Å². The molecule has 1 spiro atoms. The number of H-pyrrole nitrogens is 1. The zero-order valence-corrected chi connectivity index (χ0v) is 21.3. The Morgan fingerprint density at radius 1 is 1.11 bits per heavy atom. The van der Waals surface area contributed by atoms with Crippen LogP contribution in [-0.4, -0.2) is 52.2 Å². The summed E-state index contributed by atoms with van der Waals surface area (Å²) in [4.78, 5) is 21.1. The standard InChI is InChI=1S/C27H27F3N6S.CH4/c1-17-18(3-4-22-20(17)12-23(31-2)34-22)14-35-8-5-26(6-9-35)7-10-36(15-26)24-21-11-19(13-27(28,29)30)37-25(21)33-16-32-24;/h3-4,11-12,16,34H,5-10,13-15H2,1H3;1H4. The number of thiophene rings is 1. The fraction of sp³-hybridized carbons (Fsp3) is 0.464. The molecule has 1 aromatic carbocycles. The maximum atomic E-state index is 12.9. The molecule has 0 aliphatic carbocycles. The van der Waals surface area contributed by atoms with E-state index in [0.29, 0.717) is 10.6 Å². The Morgan fingerprint density at radius 2 is 1.87 bits per heavy atom. The topological polar surface area (TPSA) is 52.4 Å². The molecule has 2 fully saturated rings. The maximum Gasteiger partial charge on any atom is 0.393 e. The summed E-state index contributed by atoms with van der Waals surface area (Å²) in [6.07, 6.45) is -0.428. The van der Waals surface area contributed by atoms with E-state index in [1.165, 1.54) is 17.5 Å².